The fourth-order valence-corrected chi connectivity index (χ4v) is 1.42. The van der Waals surface area contributed by atoms with Crippen molar-refractivity contribution in [3.63, 3.8) is 0 Å². The third-order valence-electron chi connectivity index (χ3n) is 2.31. The number of rotatable bonds is 4. The third-order valence-corrected chi connectivity index (χ3v) is 2.31. The van der Waals surface area contributed by atoms with Gasteiger partial charge in [-0.2, -0.15) is 0 Å². The molecule has 0 aliphatic carbocycles. The molecule has 0 unspecified atom stereocenters. The maximum atomic E-state index is 5.65. The zero-order valence-corrected chi connectivity index (χ0v) is 9.59. The minimum Gasteiger partial charge on any atom is -0.493 e. The molecule has 1 aromatic carbocycles. The van der Waals surface area contributed by atoms with E-state index in [0.717, 1.165) is 11.3 Å². The molecule has 0 fully saturated rings. The van der Waals surface area contributed by atoms with Crippen molar-refractivity contribution in [3.8, 4) is 11.5 Å². The molecule has 0 bridgehead atoms. The standard InChI is InChI=1S/C13H14N2O2/c1-16-11-4-2-3-5-12(11)17-9-10-6-7-13(14)15-8-10/h2-8H,9H2,1H3,(H2,14,15). The van der Waals surface area contributed by atoms with Crippen molar-refractivity contribution in [2.75, 3.05) is 12.8 Å². The van der Waals surface area contributed by atoms with Crippen molar-refractivity contribution >= 4 is 5.82 Å². The van der Waals surface area contributed by atoms with Gasteiger partial charge in [0.05, 0.1) is 7.11 Å². The van der Waals surface area contributed by atoms with Crippen LogP contribution in [-0.4, -0.2) is 12.1 Å². The Kier molecular flexibility index (Phi) is 3.45. The number of anilines is 1. The Balaban J connectivity index is 2.04. The van der Waals surface area contributed by atoms with Gasteiger partial charge < -0.3 is 15.2 Å². The van der Waals surface area contributed by atoms with Crippen molar-refractivity contribution in [1.82, 2.24) is 4.98 Å². The van der Waals surface area contributed by atoms with E-state index < -0.39 is 0 Å². The molecule has 88 valence electrons. The largest absolute Gasteiger partial charge is 0.493 e. The van der Waals surface area contributed by atoms with Gasteiger partial charge in [-0.3, -0.25) is 0 Å². The Morgan fingerprint density at radius 3 is 2.53 bits per heavy atom. The summed E-state index contributed by atoms with van der Waals surface area (Å²) in [6.45, 7) is 0.438. The predicted molar refractivity (Wildman–Crippen MR) is 66.0 cm³/mol. The number of hydrogen-bond donors (Lipinski definition) is 1. The highest BCUT2D eigenvalue weighted by atomic mass is 16.5. The van der Waals surface area contributed by atoms with Gasteiger partial charge in [0.15, 0.2) is 11.5 Å². The van der Waals surface area contributed by atoms with E-state index in [1.165, 1.54) is 0 Å². The van der Waals surface area contributed by atoms with Crippen molar-refractivity contribution in [1.29, 1.82) is 0 Å². The van der Waals surface area contributed by atoms with Gasteiger partial charge in [-0.15, -0.1) is 0 Å². The lowest BCUT2D eigenvalue weighted by molar-refractivity contribution is 0.284. The zero-order valence-electron chi connectivity index (χ0n) is 9.59. The van der Waals surface area contributed by atoms with Crippen LogP contribution < -0.4 is 15.2 Å². The molecule has 0 radical (unpaired) electrons. The minimum atomic E-state index is 0.438. The van der Waals surface area contributed by atoms with Gasteiger partial charge in [0.2, 0.25) is 0 Å². The highest BCUT2D eigenvalue weighted by Gasteiger charge is 2.02. The first-order valence-electron chi connectivity index (χ1n) is 5.26. The molecule has 4 nitrogen and oxygen atoms in total. The molecule has 1 heterocycles. The maximum Gasteiger partial charge on any atom is 0.161 e. The van der Waals surface area contributed by atoms with Crippen LogP contribution in [0.15, 0.2) is 42.6 Å². The summed E-state index contributed by atoms with van der Waals surface area (Å²) in [6, 6.07) is 11.2. The molecule has 0 saturated heterocycles. The number of nitrogens with zero attached hydrogens (tertiary/aromatic N) is 1. The molecular weight excluding hydrogens is 216 g/mol. The molecule has 2 aromatic rings. The molecule has 0 spiro atoms. The minimum absolute atomic E-state index is 0.438. The first kappa shape index (κ1) is 11.3. The lowest BCUT2D eigenvalue weighted by Crippen LogP contribution is -1.99. The average molecular weight is 230 g/mol. The Labute approximate surface area is 100 Å². The maximum absolute atomic E-state index is 5.65. The van der Waals surface area contributed by atoms with Crippen molar-refractivity contribution in [2.45, 2.75) is 6.61 Å². The van der Waals surface area contributed by atoms with Crippen LogP contribution in [0.5, 0.6) is 11.5 Å². The van der Waals surface area contributed by atoms with Crippen LogP contribution in [0.2, 0.25) is 0 Å². The predicted octanol–water partition coefficient (Wildman–Crippen LogP) is 2.25. The number of nitrogen functional groups attached to an aromatic ring is 1. The molecule has 0 atom stereocenters. The fourth-order valence-electron chi connectivity index (χ4n) is 1.42. The summed E-state index contributed by atoms with van der Waals surface area (Å²) < 4.78 is 10.8. The summed E-state index contributed by atoms with van der Waals surface area (Å²) in [5.74, 6) is 1.94. The van der Waals surface area contributed by atoms with Crippen LogP contribution in [0.25, 0.3) is 0 Å². The van der Waals surface area contributed by atoms with E-state index in [0.29, 0.717) is 18.2 Å². The smallest absolute Gasteiger partial charge is 0.161 e. The normalized spacial score (nSPS) is 9.94. The summed E-state index contributed by atoms with van der Waals surface area (Å²) in [5.41, 5.74) is 6.47. The van der Waals surface area contributed by atoms with E-state index >= 15 is 0 Å². The summed E-state index contributed by atoms with van der Waals surface area (Å²) in [6.07, 6.45) is 1.70. The van der Waals surface area contributed by atoms with E-state index in [1.54, 1.807) is 19.4 Å². The first-order chi connectivity index (χ1) is 8.29. The second-order valence-corrected chi connectivity index (χ2v) is 3.53. The summed E-state index contributed by atoms with van der Waals surface area (Å²) in [7, 11) is 1.62. The molecular formula is C13H14N2O2. The first-order valence-corrected chi connectivity index (χ1v) is 5.26. The Bertz CT molecular complexity index is 483. The number of aromatic nitrogens is 1. The van der Waals surface area contributed by atoms with Crippen molar-refractivity contribution in [3.05, 3.63) is 48.2 Å². The third kappa shape index (κ3) is 2.87. The van der Waals surface area contributed by atoms with Gasteiger partial charge >= 0.3 is 0 Å². The second-order valence-electron chi connectivity index (χ2n) is 3.53. The van der Waals surface area contributed by atoms with Gasteiger partial charge in [0.1, 0.15) is 12.4 Å². The lowest BCUT2D eigenvalue weighted by atomic mass is 10.3. The molecule has 1 aromatic heterocycles. The highest BCUT2D eigenvalue weighted by molar-refractivity contribution is 5.39. The van der Waals surface area contributed by atoms with E-state index in [-0.39, 0.29) is 0 Å². The van der Waals surface area contributed by atoms with Gasteiger partial charge in [-0.25, -0.2) is 4.98 Å². The van der Waals surface area contributed by atoms with Crippen LogP contribution in [0, 0.1) is 0 Å². The molecule has 0 aliphatic rings. The lowest BCUT2D eigenvalue weighted by Gasteiger charge is -2.10. The van der Waals surface area contributed by atoms with Gasteiger partial charge in [-0.1, -0.05) is 18.2 Å². The molecule has 0 amide bonds. The van der Waals surface area contributed by atoms with Gasteiger partial charge in [0, 0.05) is 11.8 Å². The number of pyridine rings is 1. The molecule has 2 N–H and O–H groups in total. The van der Waals surface area contributed by atoms with E-state index in [4.69, 9.17) is 15.2 Å². The molecule has 0 saturated carbocycles. The van der Waals surface area contributed by atoms with E-state index in [1.807, 2.05) is 30.3 Å². The van der Waals surface area contributed by atoms with Crippen molar-refractivity contribution < 1.29 is 9.47 Å². The topological polar surface area (TPSA) is 57.4 Å². The zero-order chi connectivity index (χ0) is 12.1. The fraction of sp³-hybridized carbons (Fsp3) is 0.154. The second kappa shape index (κ2) is 5.21. The number of nitrogens with two attached hydrogens (primary N) is 1. The quantitative estimate of drug-likeness (QED) is 0.875. The van der Waals surface area contributed by atoms with Crippen LogP contribution in [0.1, 0.15) is 5.56 Å². The highest BCUT2D eigenvalue weighted by Crippen LogP contribution is 2.26. The monoisotopic (exact) mass is 230 g/mol. The Morgan fingerprint density at radius 1 is 1.12 bits per heavy atom. The van der Waals surface area contributed by atoms with Crippen LogP contribution in [0.4, 0.5) is 5.82 Å². The summed E-state index contributed by atoms with van der Waals surface area (Å²) in [4.78, 5) is 4.00. The number of para-hydroxylation sites is 2. The average Bonchev–Trinajstić information content (AvgIpc) is 2.38. The van der Waals surface area contributed by atoms with Crippen molar-refractivity contribution in [2.24, 2.45) is 0 Å². The van der Waals surface area contributed by atoms with Crippen LogP contribution >= 0.6 is 0 Å². The van der Waals surface area contributed by atoms with Crippen LogP contribution in [-0.2, 0) is 6.61 Å². The van der Waals surface area contributed by atoms with E-state index in [9.17, 15) is 0 Å². The SMILES string of the molecule is COc1ccccc1OCc1ccc(N)nc1. The van der Waals surface area contributed by atoms with E-state index in [2.05, 4.69) is 4.98 Å². The molecule has 17 heavy (non-hydrogen) atoms. The number of methoxy groups -OCH3 is 1. The van der Waals surface area contributed by atoms with Gasteiger partial charge in [-0.05, 0) is 18.2 Å². The Morgan fingerprint density at radius 2 is 1.88 bits per heavy atom. The van der Waals surface area contributed by atoms with Crippen LogP contribution in [0.3, 0.4) is 0 Å². The summed E-state index contributed by atoms with van der Waals surface area (Å²) >= 11 is 0. The molecule has 4 heteroatoms. The molecule has 2 rings (SSSR count). The number of ether oxygens (including phenoxy) is 2. The number of hydrogen-bond acceptors (Lipinski definition) is 4. The van der Waals surface area contributed by atoms with Gasteiger partial charge in [0.25, 0.3) is 0 Å². The Hall–Kier alpha value is -2.23. The number of benzene rings is 1. The molecule has 0 aliphatic heterocycles. The summed E-state index contributed by atoms with van der Waals surface area (Å²) in [5, 5.41) is 0.